The Morgan fingerprint density at radius 1 is 1.00 bits per heavy atom. The molecule has 0 saturated carbocycles. The van der Waals surface area contributed by atoms with Crippen LogP contribution in [0.2, 0.25) is 0 Å². The average molecular weight is 522 g/mol. The number of pyridine rings is 1. The van der Waals surface area contributed by atoms with Crippen LogP contribution < -0.4 is 10.3 Å². The summed E-state index contributed by atoms with van der Waals surface area (Å²) in [5, 5.41) is 4.48. The number of aromatic nitrogens is 5. The highest BCUT2D eigenvalue weighted by molar-refractivity contribution is 5.97. The molecule has 0 unspecified atom stereocenters. The van der Waals surface area contributed by atoms with Gasteiger partial charge in [0.05, 0.1) is 35.1 Å². The Labute approximate surface area is 224 Å². The first-order valence-corrected chi connectivity index (χ1v) is 12.5. The molecular formula is C30H27N5O4. The van der Waals surface area contributed by atoms with Crippen LogP contribution in [0.25, 0.3) is 22.3 Å². The van der Waals surface area contributed by atoms with E-state index in [0.717, 1.165) is 11.1 Å². The molecule has 3 aromatic heterocycles. The van der Waals surface area contributed by atoms with Crippen LogP contribution in [0, 0.1) is 5.41 Å². The fourth-order valence-electron chi connectivity index (χ4n) is 3.95. The first-order valence-electron chi connectivity index (χ1n) is 12.5. The second kappa shape index (κ2) is 10.4. The molecule has 0 atom stereocenters. The van der Waals surface area contributed by atoms with E-state index >= 15 is 0 Å². The van der Waals surface area contributed by atoms with Gasteiger partial charge in [0, 0.05) is 35.7 Å². The first kappa shape index (κ1) is 25.7. The van der Waals surface area contributed by atoms with E-state index in [4.69, 9.17) is 4.74 Å². The molecule has 3 heterocycles. The number of carbonyl (C=O) groups is 2. The summed E-state index contributed by atoms with van der Waals surface area (Å²) in [6, 6.07) is 19.1. The predicted octanol–water partition coefficient (Wildman–Crippen LogP) is 4.61. The van der Waals surface area contributed by atoms with Crippen molar-refractivity contribution in [2.24, 2.45) is 5.41 Å². The van der Waals surface area contributed by atoms with Crippen LogP contribution in [0.4, 0.5) is 0 Å². The van der Waals surface area contributed by atoms with Gasteiger partial charge in [-0.05, 0) is 62.7 Å². The molecule has 0 bridgehead atoms. The molecule has 39 heavy (non-hydrogen) atoms. The number of Topliss-reactive ketones (excluding diaryl/α,β-unsaturated/α-hetero) is 1. The fourth-order valence-corrected chi connectivity index (χ4v) is 3.95. The number of rotatable bonds is 7. The number of nitrogens with one attached hydrogen (secondary N) is 1. The van der Waals surface area contributed by atoms with E-state index in [-0.39, 0.29) is 30.3 Å². The van der Waals surface area contributed by atoms with Gasteiger partial charge in [-0.2, -0.15) is 5.10 Å². The number of nitrogens with zero attached hydrogens (tertiary/aromatic N) is 4. The van der Waals surface area contributed by atoms with Gasteiger partial charge in [-0.3, -0.25) is 19.4 Å². The monoisotopic (exact) mass is 521 g/mol. The highest BCUT2D eigenvalue weighted by Crippen LogP contribution is 2.23. The summed E-state index contributed by atoms with van der Waals surface area (Å²) in [5.74, 6) is 0.451. The van der Waals surface area contributed by atoms with E-state index in [1.165, 1.54) is 10.7 Å². The molecule has 5 rings (SSSR count). The summed E-state index contributed by atoms with van der Waals surface area (Å²) in [6.45, 7) is 5.58. The average Bonchev–Trinajstić information content (AvgIpc) is 3.31. The zero-order valence-electron chi connectivity index (χ0n) is 21.8. The summed E-state index contributed by atoms with van der Waals surface area (Å²) in [4.78, 5) is 49.5. The number of aromatic amines is 1. The Bertz CT molecular complexity index is 1730. The minimum atomic E-state index is -0.624. The topological polar surface area (TPSA) is 120 Å². The predicted molar refractivity (Wildman–Crippen MR) is 146 cm³/mol. The van der Waals surface area contributed by atoms with Crippen molar-refractivity contribution in [3.8, 4) is 17.0 Å². The zero-order valence-corrected chi connectivity index (χ0v) is 21.8. The van der Waals surface area contributed by atoms with Crippen molar-refractivity contribution in [2.75, 3.05) is 0 Å². The van der Waals surface area contributed by atoms with Crippen molar-refractivity contribution in [2.45, 2.75) is 33.7 Å². The van der Waals surface area contributed by atoms with Crippen LogP contribution in [0.5, 0.6) is 5.75 Å². The molecule has 0 aliphatic rings. The van der Waals surface area contributed by atoms with Crippen LogP contribution in [0.1, 0.15) is 42.5 Å². The highest BCUT2D eigenvalue weighted by atomic mass is 16.5. The maximum atomic E-state index is 13.1. The number of ketones is 1. The number of esters is 1. The van der Waals surface area contributed by atoms with Gasteiger partial charge in [0.25, 0.3) is 5.56 Å². The van der Waals surface area contributed by atoms with E-state index < -0.39 is 5.41 Å². The summed E-state index contributed by atoms with van der Waals surface area (Å²) >= 11 is 0. The van der Waals surface area contributed by atoms with Gasteiger partial charge >= 0.3 is 5.97 Å². The molecule has 2 aromatic carbocycles. The maximum Gasteiger partial charge on any atom is 0.316 e. The molecule has 1 N–H and O–H groups in total. The van der Waals surface area contributed by atoms with Crippen molar-refractivity contribution >= 4 is 22.8 Å². The molecule has 5 aromatic rings. The Morgan fingerprint density at radius 2 is 1.85 bits per heavy atom. The largest absolute Gasteiger partial charge is 0.426 e. The smallest absolute Gasteiger partial charge is 0.316 e. The number of H-pyrrole nitrogens is 1. The van der Waals surface area contributed by atoms with Gasteiger partial charge in [-0.25, -0.2) is 9.67 Å². The quantitative estimate of drug-likeness (QED) is 0.189. The first-order chi connectivity index (χ1) is 18.7. The minimum Gasteiger partial charge on any atom is -0.426 e. The normalized spacial score (nSPS) is 11.5. The third-order valence-electron chi connectivity index (χ3n) is 6.06. The van der Waals surface area contributed by atoms with Crippen molar-refractivity contribution in [3.05, 3.63) is 106 Å². The van der Waals surface area contributed by atoms with Crippen molar-refractivity contribution < 1.29 is 14.3 Å². The molecular weight excluding hydrogens is 494 g/mol. The van der Waals surface area contributed by atoms with E-state index in [0.29, 0.717) is 33.9 Å². The molecule has 196 valence electrons. The lowest BCUT2D eigenvalue weighted by atomic mass is 9.97. The van der Waals surface area contributed by atoms with Crippen molar-refractivity contribution in [3.63, 3.8) is 0 Å². The Hall–Kier alpha value is -4.92. The number of hydrogen-bond acceptors (Lipinski definition) is 7. The van der Waals surface area contributed by atoms with Gasteiger partial charge in [-0.15, -0.1) is 0 Å². The molecule has 0 radical (unpaired) electrons. The number of hydrogen-bond donors (Lipinski definition) is 1. The van der Waals surface area contributed by atoms with Crippen molar-refractivity contribution in [1.29, 1.82) is 0 Å². The van der Waals surface area contributed by atoms with Crippen molar-refractivity contribution in [1.82, 2.24) is 24.7 Å². The third kappa shape index (κ3) is 5.98. The zero-order chi connectivity index (χ0) is 27.6. The lowest BCUT2D eigenvalue weighted by molar-refractivity contribution is -0.142. The third-order valence-corrected chi connectivity index (χ3v) is 6.06. The summed E-state index contributed by atoms with van der Waals surface area (Å²) in [5.41, 5.74) is 3.19. The number of benzene rings is 2. The van der Waals surface area contributed by atoms with E-state index in [2.05, 4.69) is 20.1 Å². The molecule has 0 amide bonds. The standard InChI is InChI=1S/C30H27N5O4/c1-30(2,3)29(38)39-22-9-10-24-25(15-22)33-27(32-24)16-26(36)20-7-4-6-19(14-20)18-35-28(37)12-11-23(34-35)21-8-5-13-31-17-21/h4-15,17H,16,18H2,1-3H3,(H,32,33). The van der Waals surface area contributed by atoms with Gasteiger partial charge < -0.3 is 9.72 Å². The Kier molecular flexibility index (Phi) is 6.89. The van der Waals surface area contributed by atoms with Crippen LogP contribution in [-0.2, 0) is 17.8 Å². The van der Waals surface area contributed by atoms with E-state index in [1.54, 1.807) is 75.6 Å². The SMILES string of the molecule is CC(C)(C)C(=O)Oc1ccc2nc(CC(=O)c3cccc(Cn4nc(-c5cccnc5)ccc4=O)c3)[nH]c2c1. The lowest BCUT2D eigenvalue weighted by Gasteiger charge is -2.16. The van der Waals surface area contributed by atoms with E-state index in [9.17, 15) is 14.4 Å². The molecule has 0 fully saturated rings. The van der Waals surface area contributed by atoms with Crippen LogP contribution in [0.15, 0.2) is 83.9 Å². The second-order valence-electron chi connectivity index (χ2n) is 10.3. The number of carbonyl (C=O) groups excluding carboxylic acids is 2. The minimum absolute atomic E-state index is 0.0595. The number of ether oxygens (including phenoxy) is 1. The van der Waals surface area contributed by atoms with Crippen LogP contribution >= 0.6 is 0 Å². The molecule has 9 nitrogen and oxygen atoms in total. The number of imidazole rings is 1. The maximum absolute atomic E-state index is 13.1. The molecule has 0 spiro atoms. The summed E-state index contributed by atoms with van der Waals surface area (Å²) in [7, 11) is 0. The number of fused-ring (bicyclic) bond motifs is 1. The summed E-state index contributed by atoms with van der Waals surface area (Å²) < 4.78 is 6.83. The lowest BCUT2D eigenvalue weighted by Crippen LogP contribution is -2.25. The van der Waals surface area contributed by atoms with E-state index in [1.807, 2.05) is 18.2 Å². The molecule has 0 saturated heterocycles. The van der Waals surface area contributed by atoms with Gasteiger partial charge in [-0.1, -0.05) is 18.2 Å². The second-order valence-corrected chi connectivity index (χ2v) is 10.3. The Morgan fingerprint density at radius 3 is 2.62 bits per heavy atom. The molecule has 9 heteroatoms. The van der Waals surface area contributed by atoms with Crippen LogP contribution in [-0.4, -0.2) is 36.5 Å². The van der Waals surface area contributed by atoms with Gasteiger partial charge in [0.15, 0.2) is 5.78 Å². The fraction of sp³-hybridized carbons (Fsp3) is 0.200. The highest BCUT2D eigenvalue weighted by Gasteiger charge is 2.24. The molecule has 0 aliphatic carbocycles. The molecule has 0 aliphatic heterocycles. The van der Waals surface area contributed by atoms with Gasteiger partial charge in [0.1, 0.15) is 11.6 Å². The van der Waals surface area contributed by atoms with Crippen LogP contribution in [0.3, 0.4) is 0 Å². The Balaban J connectivity index is 1.31. The van der Waals surface area contributed by atoms with Gasteiger partial charge in [0.2, 0.25) is 0 Å². The summed E-state index contributed by atoms with van der Waals surface area (Å²) in [6.07, 6.45) is 3.42.